The molecule has 1 heterocycles. The molecule has 3 aromatic rings. The number of anilines is 1. The summed E-state index contributed by atoms with van der Waals surface area (Å²) in [6, 6.07) is 14.2. The number of thiazole rings is 1. The first-order chi connectivity index (χ1) is 12.1. The van der Waals surface area contributed by atoms with Crippen molar-refractivity contribution in [1.29, 1.82) is 5.26 Å². The highest BCUT2D eigenvalue weighted by atomic mass is 35.5. The maximum atomic E-state index is 12.3. The first-order valence-corrected chi connectivity index (χ1v) is 8.42. The van der Waals surface area contributed by atoms with Crippen molar-refractivity contribution in [3.05, 3.63) is 58.6 Å². The zero-order valence-electron chi connectivity index (χ0n) is 13.1. The van der Waals surface area contributed by atoms with Crippen LogP contribution in [0.3, 0.4) is 0 Å². The van der Waals surface area contributed by atoms with Gasteiger partial charge in [0.25, 0.3) is 5.91 Å². The monoisotopic (exact) mass is 369 g/mol. The van der Waals surface area contributed by atoms with Gasteiger partial charge < -0.3 is 4.74 Å². The van der Waals surface area contributed by atoms with Crippen LogP contribution in [-0.2, 0) is 4.79 Å². The molecule has 0 aliphatic heterocycles. The largest absolute Gasteiger partial charge is 0.497 e. The summed E-state index contributed by atoms with van der Waals surface area (Å²) in [4.78, 5) is 16.7. The molecule has 0 radical (unpaired) electrons. The Kier molecular flexibility index (Phi) is 4.98. The van der Waals surface area contributed by atoms with Gasteiger partial charge in [-0.1, -0.05) is 35.1 Å². The van der Waals surface area contributed by atoms with E-state index in [2.05, 4.69) is 10.3 Å². The second kappa shape index (κ2) is 7.34. The number of hydrogen-bond acceptors (Lipinski definition) is 5. The van der Waals surface area contributed by atoms with E-state index in [4.69, 9.17) is 16.3 Å². The molecule has 0 saturated heterocycles. The fraction of sp³-hybridized carbons (Fsp3) is 0.0556. The minimum absolute atomic E-state index is 0.0147. The normalized spacial score (nSPS) is 11.2. The van der Waals surface area contributed by atoms with Crippen molar-refractivity contribution < 1.29 is 9.53 Å². The van der Waals surface area contributed by atoms with Crippen LogP contribution in [0.5, 0.6) is 5.75 Å². The van der Waals surface area contributed by atoms with Crippen LogP contribution < -0.4 is 10.1 Å². The maximum Gasteiger partial charge on any atom is 0.268 e. The molecule has 1 amide bonds. The van der Waals surface area contributed by atoms with E-state index in [0.717, 1.165) is 16.0 Å². The van der Waals surface area contributed by atoms with Gasteiger partial charge in [-0.2, -0.15) is 5.26 Å². The summed E-state index contributed by atoms with van der Waals surface area (Å²) in [6.07, 6.45) is 1.50. The van der Waals surface area contributed by atoms with Crippen molar-refractivity contribution in [3.63, 3.8) is 0 Å². The van der Waals surface area contributed by atoms with Gasteiger partial charge in [0.2, 0.25) is 0 Å². The van der Waals surface area contributed by atoms with E-state index < -0.39 is 5.91 Å². The molecule has 0 aliphatic rings. The first-order valence-electron chi connectivity index (χ1n) is 7.22. The lowest BCUT2D eigenvalue weighted by atomic mass is 10.1. The topological polar surface area (TPSA) is 75.0 Å². The Morgan fingerprint density at radius 1 is 1.32 bits per heavy atom. The minimum atomic E-state index is -0.511. The quantitative estimate of drug-likeness (QED) is 0.542. The van der Waals surface area contributed by atoms with Crippen molar-refractivity contribution in [1.82, 2.24) is 4.98 Å². The van der Waals surface area contributed by atoms with E-state index in [1.165, 1.54) is 17.4 Å². The van der Waals surface area contributed by atoms with E-state index in [0.29, 0.717) is 15.7 Å². The molecule has 0 spiro atoms. The number of amides is 1. The molecule has 124 valence electrons. The molecule has 3 rings (SSSR count). The summed E-state index contributed by atoms with van der Waals surface area (Å²) < 4.78 is 6.06. The third kappa shape index (κ3) is 3.97. The highest BCUT2D eigenvalue weighted by Crippen LogP contribution is 2.29. The molecule has 2 aromatic carbocycles. The van der Waals surface area contributed by atoms with E-state index in [1.54, 1.807) is 37.4 Å². The average molecular weight is 370 g/mol. The fourth-order valence-electron chi connectivity index (χ4n) is 2.12. The number of halogens is 1. The average Bonchev–Trinajstić information content (AvgIpc) is 3.02. The van der Waals surface area contributed by atoms with Crippen LogP contribution in [0.25, 0.3) is 16.3 Å². The van der Waals surface area contributed by atoms with E-state index >= 15 is 0 Å². The number of hydrogen-bond donors (Lipinski definition) is 1. The first kappa shape index (κ1) is 17.0. The van der Waals surface area contributed by atoms with Crippen molar-refractivity contribution in [3.8, 4) is 11.8 Å². The zero-order valence-corrected chi connectivity index (χ0v) is 14.7. The van der Waals surface area contributed by atoms with Gasteiger partial charge in [0, 0.05) is 5.02 Å². The molecule has 1 aromatic heterocycles. The van der Waals surface area contributed by atoms with Crippen LogP contribution in [0.15, 0.2) is 48.0 Å². The Balaban J connectivity index is 1.82. The van der Waals surface area contributed by atoms with Gasteiger partial charge in [0.15, 0.2) is 5.13 Å². The Hall–Kier alpha value is -2.88. The van der Waals surface area contributed by atoms with Gasteiger partial charge in [0.05, 0.1) is 17.3 Å². The van der Waals surface area contributed by atoms with Crippen LogP contribution in [0.1, 0.15) is 5.56 Å². The van der Waals surface area contributed by atoms with Crippen molar-refractivity contribution in [2.75, 3.05) is 12.4 Å². The molecular formula is C18H12ClN3O2S. The molecule has 0 fully saturated rings. The molecule has 0 saturated carbocycles. The number of methoxy groups -OCH3 is 1. The molecule has 0 atom stereocenters. The molecule has 0 aliphatic carbocycles. The molecule has 7 heteroatoms. The fourth-order valence-corrected chi connectivity index (χ4v) is 3.14. The highest BCUT2D eigenvalue weighted by Gasteiger charge is 2.13. The second-order valence-electron chi connectivity index (χ2n) is 5.03. The summed E-state index contributed by atoms with van der Waals surface area (Å²) >= 11 is 7.15. The number of rotatable bonds is 4. The van der Waals surface area contributed by atoms with Gasteiger partial charge in [-0.15, -0.1) is 0 Å². The predicted molar refractivity (Wildman–Crippen MR) is 99.8 cm³/mol. The summed E-state index contributed by atoms with van der Waals surface area (Å²) in [5.74, 6) is 0.206. The number of nitriles is 1. The van der Waals surface area contributed by atoms with E-state index in [1.807, 2.05) is 18.2 Å². The lowest BCUT2D eigenvalue weighted by Crippen LogP contribution is -2.13. The predicted octanol–water partition coefficient (Wildman–Crippen LogP) is 4.50. The standard InChI is InChI=1S/C18H12ClN3O2S/c1-24-14-6-7-15-16(9-14)25-18(21-15)22-17(23)12(10-20)8-11-2-4-13(19)5-3-11/h2-9H,1H3,(H,21,22,23). The number of fused-ring (bicyclic) bond motifs is 1. The maximum absolute atomic E-state index is 12.3. The van der Waals surface area contributed by atoms with Gasteiger partial charge in [-0.05, 0) is 42.0 Å². The Morgan fingerprint density at radius 2 is 2.08 bits per heavy atom. The Labute approximate surface area is 153 Å². The number of aromatic nitrogens is 1. The van der Waals surface area contributed by atoms with E-state index in [9.17, 15) is 10.1 Å². The summed E-state index contributed by atoms with van der Waals surface area (Å²) in [6.45, 7) is 0. The van der Waals surface area contributed by atoms with Gasteiger partial charge in [-0.3, -0.25) is 10.1 Å². The van der Waals surface area contributed by atoms with Crippen LogP contribution in [0.2, 0.25) is 5.02 Å². The molecule has 0 unspecified atom stereocenters. The number of nitrogens with zero attached hydrogens (tertiary/aromatic N) is 2. The molecule has 25 heavy (non-hydrogen) atoms. The Bertz CT molecular complexity index is 1000. The summed E-state index contributed by atoms with van der Waals surface area (Å²) in [7, 11) is 1.59. The Morgan fingerprint density at radius 3 is 2.76 bits per heavy atom. The van der Waals surface area contributed by atoms with Gasteiger partial charge in [-0.25, -0.2) is 4.98 Å². The molecular weight excluding hydrogens is 358 g/mol. The lowest BCUT2D eigenvalue weighted by Gasteiger charge is -2.00. The highest BCUT2D eigenvalue weighted by molar-refractivity contribution is 7.22. The van der Waals surface area contributed by atoms with Crippen LogP contribution >= 0.6 is 22.9 Å². The van der Waals surface area contributed by atoms with Crippen molar-refractivity contribution in [2.45, 2.75) is 0 Å². The smallest absolute Gasteiger partial charge is 0.268 e. The number of carbonyl (C=O) groups is 1. The second-order valence-corrected chi connectivity index (χ2v) is 6.50. The third-order valence-corrected chi connectivity index (χ3v) is 4.55. The van der Waals surface area contributed by atoms with Crippen LogP contribution in [0, 0.1) is 11.3 Å². The van der Waals surface area contributed by atoms with Crippen molar-refractivity contribution >= 4 is 50.3 Å². The van der Waals surface area contributed by atoms with Crippen LogP contribution in [-0.4, -0.2) is 18.0 Å². The number of nitrogens with one attached hydrogen (secondary N) is 1. The zero-order chi connectivity index (χ0) is 17.8. The lowest BCUT2D eigenvalue weighted by molar-refractivity contribution is -0.112. The molecule has 0 bridgehead atoms. The van der Waals surface area contributed by atoms with Crippen molar-refractivity contribution in [2.24, 2.45) is 0 Å². The molecule has 5 nitrogen and oxygen atoms in total. The summed E-state index contributed by atoms with van der Waals surface area (Å²) in [5, 5.41) is 12.9. The summed E-state index contributed by atoms with van der Waals surface area (Å²) in [5.41, 5.74) is 1.45. The van der Waals surface area contributed by atoms with Gasteiger partial charge >= 0.3 is 0 Å². The van der Waals surface area contributed by atoms with E-state index in [-0.39, 0.29) is 5.57 Å². The van der Waals surface area contributed by atoms with Crippen LogP contribution in [0.4, 0.5) is 5.13 Å². The SMILES string of the molecule is COc1ccc2nc(NC(=O)C(C#N)=Cc3ccc(Cl)cc3)sc2c1. The number of benzene rings is 2. The third-order valence-electron chi connectivity index (χ3n) is 3.36. The molecule has 1 N–H and O–H groups in total. The number of ether oxygens (including phenoxy) is 1. The minimum Gasteiger partial charge on any atom is -0.497 e. The van der Waals surface area contributed by atoms with Gasteiger partial charge in [0.1, 0.15) is 17.4 Å². The number of carbonyl (C=O) groups excluding carboxylic acids is 1.